The largest absolute Gasteiger partial charge is 0.417 e. The summed E-state index contributed by atoms with van der Waals surface area (Å²) in [7, 11) is -1.70. The normalized spacial score (nSPS) is 12.5. The predicted octanol–water partition coefficient (Wildman–Crippen LogP) is 4.11. The van der Waals surface area contributed by atoms with E-state index >= 15 is 0 Å². The van der Waals surface area contributed by atoms with E-state index in [1.54, 1.807) is 10.7 Å². The lowest BCUT2D eigenvalue weighted by molar-refractivity contribution is -0.118. The van der Waals surface area contributed by atoms with Crippen molar-refractivity contribution in [3.05, 3.63) is 22.9 Å². The lowest BCUT2D eigenvalue weighted by Crippen LogP contribution is -2.41. The summed E-state index contributed by atoms with van der Waals surface area (Å²) in [4.78, 5) is 16.2. The molecule has 0 saturated heterocycles. The zero-order valence-electron chi connectivity index (χ0n) is 16.0. The van der Waals surface area contributed by atoms with Gasteiger partial charge < -0.3 is 9.74 Å². The minimum absolute atomic E-state index is 0.00826. The third-order valence-electron chi connectivity index (χ3n) is 4.56. The quantitative estimate of drug-likeness (QED) is 0.366. The predicted molar refractivity (Wildman–Crippen MR) is 112 cm³/mol. The molecule has 2 aromatic heterocycles. The van der Waals surface area contributed by atoms with Crippen molar-refractivity contribution in [2.45, 2.75) is 50.4 Å². The van der Waals surface area contributed by atoms with Crippen LogP contribution in [0.5, 0.6) is 0 Å². The molecular weight excluding hydrogens is 432 g/mol. The van der Waals surface area contributed by atoms with Gasteiger partial charge in [0.15, 0.2) is 14.0 Å². The lowest BCUT2D eigenvalue weighted by Gasteiger charge is -2.36. The van der Waals surface area contributed by atoms with E-state index in [1.807, 2.05) is 12.1 Å². The van der Waals surface area contributed by atoms with Crippen LogP contribution < -0.4 is 5.32 Å². The molecule has 0 aliphatic carbocycles. The Kier molecular flexibility index (Phi) is 7.29. The Morgan fingerprint density at radius 2 is 2.12 bits per heavy atom. The highest BCUT2D eigenvalue weighted by Crippen LogP contribution is 2.36. The van der Waals surface area contributed by atoms with Gasteiger partial charge in [0.2, 0.25) is 5.91 Å². The van der Waals surface area contributed by atoms with Crippen LogP contribution in [0.25, 0.3) is 5.65 Å². The Morgan fingerprint density at radius 3 is 2.81 bits per heavy atom. The highest BCUT2D eigenvalue weighted by molar-refractivity contribution is 9.10. The second-order valence-electron chi connectivity index (χ2n) is 7.62. The number of thioether (sulfide) groups is 1. The van der Waals surface area contributed by atoms with Crippen molar-refractivity contribution in [3.63, 3.8) is 0 Å². The van der Waals surface area contributed by atoms with E-state index < -0.39 is 8.32 Å². The number of imidazole rings is 1. The molecule has 0 saturated carbocycles. The van der Waals surface area contributed by atoms with E-state index in [1.165, 1.54) is 11.8 Å². The van der Waals surface area contributed by atoms with Crippen molar-refractivity contribution in [3.8, 4) is 0 Å². The zero-order chi connectivity index (χ0) is 19.4. The topological polar surface area (TPSA) is 68.5 Å². The standard InChI is InChI=1S/C17H27BrN4O2SSi/c1-17(2,3)26(4,5)24-10-6-9-19-15(23)12-25-16-8-7-14-20-11-13(18)22(14)21-16/h7-8,11H,6,9-10,12H2,1-5H3,(H,19,23). The molecule has 0 aliphatic rings. The third-order valence-corrected chi connectivity index (χ3v) is 10.6. The first-order chi connectivity index (χ1) is 12.1. The fourth-order valence-electron chi connectivity index (χ4n) is 1.94. The number of halogens is 1. The van der Waals surface area contributed by atoms with Crippen molar-refractivity contribution in [1.29, 1.82) is 0 Å². The first-order valence-corrected chi connectivity index (χ1v) is 13.3. The molecule has 2 rings (SSSR count). The second-order valence-corrected chi connectivity index (χ2v) is 14.2. The van der Waals surface area contributed by atoms with E-state index in [0.717, 1.165) is 21.7 Å². The summed E-state index contributed by atoms with van der Waals surface area (Å²) in [5, 5.41) is 8.38. The summed E-state index contributed by atoms with van der Waals surface area (Å²) < 4.78 is 8.61. The number of carbonyl (C=O) groups is 1. The first kappa shape index (κ1) is 21.4. The number of hydrogen-bond acceptors (Lipinski definition) is 5. The van der Waals surface area contributed by atoms with Crippen molar-refractivity contribution in [2.24, 2.45) is 0 Å². The van der Waals surface area contributed by atoms with Crippen molar-refractivity contribution in [2.75, 3.05) is 18.9 Å². The minimum Gasteiger partial charge on any atom is -0.417 e. The molecule has 144 valence electrons. The maximum Gasteiger partial charge on any atom is 0.230 e. The van der Waals surface area contributed by atoms with Crippen LogP contribution in [0.3, 0.4) is 0 Å². The van der Waals surface area contributed by atoms with Gasteiger partial charge in [-0.25, -0.2) is 9.50 Å². The van der Waals surface area contributed by atoms with Gasteiger partial charge in [-0.1, -0.05) is 32.5 Å². The number of nitrogens with one attached hydrogen (secondary N) is 1. The van der Waals surface area contributed by atoms with Gasteiger partial charge in [0.25, 0.3) is 0 Å². The fourth-order valence-corrected chi connectivity index (χ4v) is 4.08. The van der Waals surface area contributed by atoms with Crippen LogP contribution in [0.2, 0.25) is 18.1 Å². The number of rotatable bonds is 8. The van der Waals surface area contributed by atoms with E-state index in [2.05, 4.69) is 65.2 Å². The van der Waals surface area contributed by atoms with Gasteiger partial charge in [-0.2, -0.15) is 5.10 Å². The molecule has 0 unspecified atom stereocenters. The highest BCUT2D eigenvalue weighted by atomic mass is 79.9. The summed E-state index contributed by atoms with van der Waals surface area (Å²) in [6, 6.07) is 3.76. The molecule has 2 heterocycles. The molecule has 0 atom stereocenters. The molecule has 6 nitrogen and oxygen atoms in total. The van der Waals surface area contributed by atoms with Gasteiger partial charge in [0.1, 0.15) is 9.63 Å². The molecule has 26 heavy (non-hydrogen) atoms. The fraction of sp³-hybridized carbons (Fsp3) is 0.588. The molecule has 2 aromatic rings. The number of amides is 1. The van der Waals surface area contributed by atoms with Crippen LogP contribution >= 0.6 is 27.7 Å². The smallest absolute Gasteiger partial charge is 0.230 e. The second kappa shape index (κ2) is 8.86. The van der Waals surface area contributed by atoms with Crippen LogP contribution in [-0.2, 0) is 9.22 Å². The number of aromatic nitrogens is 3. The van der Waals surface area contributed by atoms with E-state index in [0.29, 0.717) is 18.9 Å². The summed E-state index contributed by atoms with van der Waals surface area (Å²) in [5.41, 5.74) is 0.771. The van der Waals surface area contributed by atoms with Crippen LogP contribution in [-0.4, -0.2) is 47.7 Å². The number of carbonyl (C=O) groups excluding carboxylic acids is 1. The van der Waals surface area contributed by atoms with Crippen molar-refractivity contribution < 1.29 is 9.22 Å². The lowest BCUT2D eigenvalue weighted by atomic mass is 10.2. The average molecular weight is 459 g/mol. The molecule has 1 amide bonds. The van der Waals surface area contributed by atoms with Gasteiger partial charge in [0.05, 0.1) is 11.9 Å². The van der Waals surface area contributed by atoms with Crippen molar-refractivity contribution in [1.82, 2.24) is 19.9 Å². The number of fused-ring (bicyclic) bond motifs is 1. The third kappa shape index (κ3) is 5.80. The van der Waals surface area contributed by atoms with Crippen LogP contribution in [0.15, 0.2) is 28.0 Å². The van der Waals surface area contributed by atoms with Gasteiger partial charge >= 0.3 is 0 Å². The molecule has 0 fully saturated rings. The molecule has 9 heteroatoms. The van der Waals surface area contributed by atoms with Gasteiger partial charge in [0, 0.05) is 13.2 Å². The molecule has 0 bridgehead atoms. The van der Waals surface area contributed by atoms with Crippen LogP contribution in [0.1, 0.15) is 27.2 Å². The Morgan fingerprint density at radius 1 is 1.38 bits per heavy atom. The van der Waals surface area contributed by atoms with E-state index in [-0.39, 0.29) is 10.9 Å². The zero-order valence-corrected chi connectivity index (χ0v) is 19.4. The maximum atomic E-state index is 12.0. The Bertz CT molecular complexity index is 761. The molecule has 0 radical (unpaired) electrons. The van der Waals surface area contributed by atoms with Crippen LogP contribution in [0, 0.1) is 0 Å². The maximum absolute atomic E-state index is 12.0. The molecule has 0 aromatic carbocycles. The summed E-state index contributed by atoms with van der Waals surface area (Å²) >= 11 is 4.81. The minimum atomic E-state index is -1.70. The monoisotopic (exact) mass is 458 g/mol. The first-order valence-electron chi connectivity index (χ1n) is 8.64. The van der Waals surface area contributed by atoms with Crippen molar-refractivity contribution >= 4 is 47.6 Å². The molecular formula is C17H27BrN4O2SSi. The summed E-state index contributed by atoms with van der Waals surface area (Å²) in [6.07, 6.45) is 2.53. The van der Waals surface area contributed by atoms with Gasteiger partial charge in [-0.15, -0.1) is 0 Å². The molecule has 0 spiro atoms. The number of hydrogen-bond donors (Lipinski definition) is 1. The summed E-state index contributed by atoms with van der Waals surface area (Å²) in [5.74, 6) is 0.349. The Hall–Kier alpha value is -0.903. The van der Waals surface area contributed by atoms with Gasteiger partial charge in [-0.3, -0.25) is 4.79 Å². The molecule has 1 N–H and O–H groups in total. The van der Waals surface area contributed by atoms with E-state index in [4.69, 9.17) is 4.43 Å². The average Bonchev–Trinajstić information content (AvgIpc) is 2.92. The number of nitrogens with zero attached hydrogens (tertiary/aromatic N) is 3. The van der Waals surface area contributed by atoms with Crippen LogP contribution in [0.4, 0.5) is 0 Å². The van der Waals surface area contributed by atoms with Gasteiger partial charge in [-0.05, 0) is 52.6 Å². The molecule has 0 aliphatic heterocycles. The highest BCUT2D eigenvalue weighted by Gasteiger charge is 2.36. The SMILES string of the molecule is CC(C)(C)[Si](C)(C)OCCCNC(=O)CSc1ccc2ncc(Br)n2n1. The Labute approximate surface area is 168 Å². The Balaban J connectivity index is 1.68. The van der Waals surface area contributed by atoms with E-state index in [9.17, 15) is 4.79 Å². The summed E-state index contributed by atoms with van der Waals surface area (Å²) in [6.45, 7) is 12.5.